The normalized spacial score (nSPS) is 16.7. The monoisotopic (exact) mass is 287 g/mol. The third-order valence-electron chi connectivity index (χ3n) is 4.08. The summed E-state index contributed by atoms with van der Waals surface area (Å²) in [6.45, 7) is 4.19. The molecule has 0 aromatic heterocycles. The van der Waals surface area contributed by atoms with E-state index in [9.17, 15) is 0 Å². The maximum atomic E-state index is 6.20. The molecule has 1 heterocycles. The van der Waals surface area contributed by atoms with Crippen LogP contribution in [0.5, 0.6) is 5.75 Å². The van der Waals surface area contributed by atoms with Crippen molar-refractivity contribution in [3.8, 4) is 5.75 Å². The molecule has 1 atom stereocenters. The van der Waals surface area contributed by atoms with Crippen LogP contribution in [0.2, 0.25) is 5.02 Å². The number of aryl methyl sites for hydroxylation is 1. The van der Waals surface area contributed by atoms with Crippen molar-refractivity contribution < 1.29 is 4.74 Å². The van der Waals surface area contributed by atoms with E-state index in [4.69, 9.17) is 16.3 Å². The SMILES string of the molecule is COc1ccc(C2Cc3ccc(Cl)c(C)c3N2)c(C)c1. The highest BCUT2D eigenvalue weighted by molar-refractivity contribution is 6.31. The van der Waals surface area contributed by atoms with E-state index in [1.165, 1.54) is 22.4 Å². The van der Waals surface area contributed by atoms with Gasteiger partial charge in [-0.1, -0.05) is 23.7 Å². The van der Waals surface area contributed by atoms with E-state index in [2.05, 4.69) is 37.4 Å². The molecule has 0 bridgehead atoms. The average Bonchev–Trinajstić information content (AvgIpc) is 2.87. The van der Waals surface area contributed by atoms with Crippen molar-refractivity contribution in [1.82, 2.24) is 0 Å². The van der Waals surface area contributed by atoms with Crippen LogP contribution in [0, 0.1) is 13.8 Å². The van der Waals surface area contributed by atoms with Gasteiger partial charge in [0.2, 0.25) is 0 Å². The van der Waals surface area contributed by atoms with Crippen molar-refractivity contribution in [2.45, 2.75) is 26.3 Å². The molecule has 2 aromatic rings. The highest BCUT2D eigenvalue weighted by Crippen LogP contribution is 2.40. The summed E-state index contributed by atoms with van der Waals surface area (Å²) in [7, 11) is 1.70. The van der Waals surface area contributed by atoms with E-state index >= 15 is 0 Å². The van der Waals surface area contributed by atoms with E-state index < -0.39 is 0 Å². The Morgan fingerprint density at radius 1 is 1.20 bits per heavy atom. The minimum Gasteiger partial charge on any atom is -0.497 e. The molecule has 0 saturated heterocycles. The van der Waals surface area contributed by atoms with Crippen molar-refractivity contribution in [1.29, 1.82) is 0 Å². The summed E-state index contributed by atoms with van der Waals surface area (Å²) in [5.41, 5.74) is 6.23. The molecule has 0 fully saturated rings. The second kappa shape index (κ2) is 5.02. The lowest BCUT2D eigenvalue weighted by Gasteiger charge is -2.16. The molecule has 0 aliphatic carbocycles. The number of ether oxygens (including phenoxy) is 1. The fourth-order valence-corrected chi connectivity index (χ4v) is 3.07. The third kappa shape index (κ3) is 2.14. The van der Waals surface area contributed by atoms with E-state index in [0.717, 1.165) is 22.8 Å². The maximum Gasteiger partial charge on any atom is 0.119 e. The number of halogens is 1. The summed E-state index contributed by atoms with van der Waals surface area (Å²) in [6, 6.07) is 10.7. The first-order valence-electron chi connectivity index (χ1n) is 6.79. The number of rotatable bonds is 2. The summed E-state index contributed by atoms with van der Waals surface area (Å²) in [6.07, 6.45) is 1.00. The first-order valence-corrected chi connectivity index (χ1v) is 7.17. The Kier molecular flexibility index (Phi) is 3.35. The number of nitrogens with one attached hydrogen (secondary N) is 1. The van der Waals surface area contributed by atoms with Gasteiger partial charge in [-0.25, -0.2) is 0 Å². The Hall–Kier alpha value is -1.67. The first-order chi connectivity index (χ1) is 9.60. The van der Waals surface area contributed by atoms with Crippen LogP contribution in [0.4, 0.5) is 5.69 Å². The summed E-state index contributed by atoms with van der Waals surface area (Å²) < 4.78 is 5.27. The zero-order chi connectivity index (χ0) is 14.3. The largest absolute Gasteiger partial charge is 0.497 e. The van der Waals surface area contributed by atoms with Gasteiger partial charge in [0.1, 0.15) is 5.75 Å². The van der Waals surface area contributed by atoms with E-state index in [1.54, 1.807) is 7.11 Å². The molecule has 20 heavy (non-hydrogen) atoms. The highest BCUT2D eigenvalue weighted by Gasteiger charge is 2.25. The van der Waals surface area contributed by atoms with E-state index in [-0.39, 0.29) is 0 Å². The van der Waals surface area contributed by atoms with Crippen LogP contribution in [-0.2, 0) is 6.42 Å². The molecular formula is C17H18ClNO. The molecular weight excluding hydrogens is 270 g/mol. The van der Waals surface area contributed by atoms with Crippen molar-refractivity contribution in [2.75, 3.05) is 12.4 Å². The van der Waals surface area contributed by atoms with Crippen LogP contribution in [0.25, 0.3) is 0 Å². The summed E-state index contributed by atoms with van der Waals surface area (Å²) in [5, 5.41) is 4.44. The predicted molar refractivity (Wildman–Crippen MR) is 84.0 cm³/mol. The van der Waals surface area contributed by atoms with Crippen molar-refractivity contribution in [3.05, 3.63) is 57.6 Å². The van der Waals surface area contributed by atoms with Gasteiger partial charge in [0.25, 0.3) is 0 Å². The molecule has 104 valence electrons. The van der Waals surface area contributed by atoms with Crippen LogP contribution in [-0.4, -0.2) is 7.11 Å². The quantitative estimate of drug-likeness (QED) is 0.866. The molecule has 0 amide bonds. The smallest absolute Gasteiger partial charge is 0.119 e. The molecule has 2 nitrogen and oxygen atoms in total. The number of methoxy groups -OCH3 is 1. The van der Waals surface area contributed by atoms with Gasteiger partial charge < -0.3 is 10.1 Å². The predicted octanol–water partition coefficient (Wildman–Crippen LogP) is 4.67. The zero-order valence-corrected chi connectivity index (χ0v) is 12.7. The number of hydrogen-bond donors (Lipinski definition) is 1. The molecule has 2 aromatic carbocycles. The molecule has 1 aliphatic heterocycles. The molecule has 3 heteroatoms. The standard InChI is InChI=1S/C17H18ClNO/c1-10-8-13(20-3)5-6-14(10)16-9-12-4-7-15(18)11(2)17(12)19-16/h4-8,16,19H,9H2,1-3H3. The highest BCUT2D eigenvalue weighted by atomic mass is 35.5. The van der Waals surface area contributed by atoms with Gasteiger partial charge >= 0.3 is 0 Å². The molecule has 0 saturated carbocycles. The Balaban J connectivity index is 1.94. The number of fused-ring (bicyclic) bond motifs is 1. The third-order valence-corrected chi connectivity index (χ3v) is 4.49. The Morgan fingerprint density at radius 2 is 2.00 bits per heavy atom. The summed E-state index contributed by atoms with van der Waals surface area (Å²) in [5.74, 6) is 0.904. The van der Waals surface area contributed by atoms with Gasteiger partial charge in [0.15, 0.2) is 0 Å². The van der Waals surface area contributed by atoms with Crippen molar-refractivity contribution in [2.24, 2.45) is 0 Å². The Labute approximate surface area is 124 Å². The second-order valence-corrected chi connectivity index (χ2v) is 5.74. The first kappa shape index (κ1) is 13.3. The molecule has 0 radical (unpaired) electrons. The Bertz CT molecular complexity index is 666. The van der Waals surface area contributed by atoms with Crippen molar-refractivity contribution in [3.63, 3.8) is 0 Å². The van der Waals surface area contributed by atoms with Crippen LogP contribution < -0.4 is 10.1 Å². The lowest BCUT2D eigenvalue weighted by atomic mass is 9.98. The average molecular weight is 288 g/mol. The van der Waals surface area contributed by atoms with Crippen LogP contribution in [0.15, 0.2) is 30.3 Å². The number of hydrogen-bond acceptors (Lipinski definition) is 2. The van der Waals surface area contributed by atoms with Gasteiger partial charge in [-0.15, -0.1) is 0 Å². The van der Waals surface area contributed by atoms with Gasteiger partial charge in [0, 0.05) is 10.7 Å². The second-order valence-electron chi connectivity index (χ2n) is 5.33. The van der Waals surface area contributed by atoms with E-state index in [1.807, 2.05) is 12.1 Å². The van der Waals surface area contributed by atoms with E-state index in [0.29, 0.717) is 6.04 Å². The van der Waals surface area contributed by atoms with Gasteiger partial charge in [0.05, 0.1) is 13.2 Å². The minimum absolute atomic E-state index is 0.313. The number of benzene rings is 2. The fraction of sp³-hybridized carbons (Fsp3) is 0.294. The molecule has 0 spiro atoms. The van der Waals surface area contributed by atoms with Crippen LogP contribution in [0.3, 0.4) is 0 Å². The van der Waals surface area contributed by atoms with Crippen LogP contribution >= 0.6 is 11.6 Å². The molecule has 1 unspecified atom stereocenters. The molecule has 3 rings (SSSR count). The van der Waals surface area contributed by atoms with Gasteiger partial charge in [-0.3, -0.25) is 0 Å². The minimum atomic E-state index is 0.313. The zero-order valence-electron chi connectivity index (χ0n) is 12.0. The Morgan fingerprint density at radius 3 is 2.70 bits per heavy atom. The summed E-state index contributed by atoms with van der Waals surface area (Å²) in [4.78, 5) is 0. The lowest BCUT2D eigenvalue weighted by molar-refractivity contribution is 0.414. The topological polar surface area (TPSA) is 21.3 Å². The summed E-state index contributed by atoms with van der Waals surface area (Å²) >= 11 is 6.20. The fourth-order valence-electron chi connectivity index (χ4n) is 2.91. The maximum absolute atomic E-state index is 6.20. The van der Waals surface area contributed by atoms with Gasteiger partial charge in [-0.05, 0) is 60.7 Å². The van der Waals surface area contributed by atoms with Crippen LogP contribution in [0.1, 0.15) is 28.3 Å². The molecule has 1 aliphatic rings. The lowest BCUT2D eigenvalue weighted by Crippen LogP contribution is -2.08. The molecule has 1 N–H and O–H groups in total. The number of anilines is 1. The van der Waals surface area contributed by atoms with Gasteiger partial charge in [-0.2, -0.15) is 0 Å². The van der Waals surface area contributed by atoms with Crippen molar-refractivity contribution >= 4 is 17.3 Å².